The van der Waals surface area contributed by atoms with E-state index >= 15 is 0 Å². The van der Waals surface area contributed by atoms with Crippen molar-refractivity contribution in [2.24, 2.45) is 0 Å². The molecular formula is C24H26N2O4S. The molecule has 7 heteroatoms. The number of anilines is 1. The SMILES string of the molecule is CCc1ccccc1NC(=O)c1ccc(CN(C)S(=O)(=O)c2ccc(OC)cc2)cc1. The van der Waals surface area contributed by atoms with E-state index in [1.54, 1.807) is 36.4 Å². The molecule has 31 heavy (non-hydrogen) atoms. The lowest BCUT2D eigenvalue weighted by atomic mass is 10.1. The zero-order chi connectivity index (χ0) is 22.4. The average Bonchev–Trinajstić information content (AvgIpc) is 2.79. The average molecular weight is 439 g/mol. The molecule has 0 atom stereocenters. The molecule has 0 heterocycles. The molecule has 3 aromatic carbocycles. The number of carbonyl (C=O) groups excluding carboxylic acids is 1. The highest BCUT2D eigenvalue weighted by atomic mass is 32.2. The molecule has 1 N–H and O–H groups in total. The molecule has 6 nitrogen and oxygen atoms in total. The molecule has 3 rings (SSSR count). The van der Waals surface area contributed by atoms with Gasteiger partial charge in [-0.05, 0) is 60.0 Å². The summed E-state index contributed by atoms with van der Waals surface area (Å²) in [7, 11) is -0.579. The Hall–Kier alpha value is -3.16. The first-order valence-corrected chi connectivity index (χ1v) is 11.4. The fourth-order valence-corrected chi connectivity index (χ4v) is 4.34. The van der Waals surface area contributed by atoms with Crippen LogP contribution in [0.3, 0.4) is 0 Å². The second-order valence-electron chi connectivity index (χ2n) is 7.10. The molecule has 0 aliphatic rings. The third-order valence-corrected chi connectivity index (χ3v) is 6.85. The third kappa shape index (κ3) is 5.31. The van der Waals surface area contributed by atoms with Crippen molar-refractivity contribution in [3.8, 4) is 5.75 Å². The van der Waals surface area contributed by atoms with Crippen LogP contribution in [0.4, 0.5) is 5.69 Å². The van der Waals surface area contributed by atoms with Crippen molar-refractivity contribution in [2.75, 3.05) is 19.5 Å². The van der Waals surface area contributed by atoms with Crippen LogP contribution in [0.2, 0.25) is 0 Å². The minimum Gasteiger partial charge on any atom is -0.497 e. The number of hydrogen-bond acceptors (Lipinski definition) is 4. The third-order valence-electron chi connectivity index (χ3n) is 5.04. The lowest BCUT2D eigenvalue weighted by molar-refractivity contribution is 0.102. The Morgan fingerprint density at radius 1 is 0.968 bits per heavy atom. The van der Waals surface area contributed by atoms with Gasteiger partial charge in [-0.25, -0.2) is 8.42 Å². The molecule has 0 spiro atoms. The maximum atomic E-state index is 12.8. The normalized spacial score (nSPS) is 11.4. The first kappa shape index (κ1) is 22.5. The van der Waals surface area contributed by atoms with Crippen molar-refractivity contribution in [2.45, 2.75) is 24.8 Å². The fourth-order valence-electron chi connectivity index (χ4n) is 3.18. The van der Waals surface area contributed by atoms with Gasteiger partial charge in [0.15, 0.2) is 0 Å². The zero-order valence-electron chi connectivity index (χ0n) is 17.8. The fraction of sp³-hybridized carbons (Fsp3) is 0.208. The van der Waals surface area contributed by atoms with Crippen LogP contribution in [-0.2, 0) is 23.0 Å². The summed E-state index contributed by atoms with van der Waals surface area (Å²) < 4.78 is 31.9. The Morgan fingerprint density at radius 3 is 2.23 bits per heavy atom. The van der Waals surface area contributed by atoms with Crippen LogP contribution in [0.15, 0.2) is 77.7 Å². The van der Waals surface area contributed by atoms with Gasteiger partial charge in [0, 0.05) is 24.8 Å². The van der Waals surface area contributed by atoms with Gasteiger partial charge in [-0.1, -0.05) is 37.3 Å². The van der Waals surface area contributed by atoms with E-state index in [1.165, 1.54) is 30.6 Å². The first-order chi connectivity index (χ1) is 14.8. The van der Waals surface area contributed by atoms with Gasteiger partial charge in [0.05, 0.1) is 12.0 Å². The molecule has 0 bridgehead atoms. The van der Waals surface area contributed by atoms with Gasteiger partial charge in [0.1, 0.15) is 5.75 Å². The maximum absolute atomic E-state index is 12.8. The minimum absolute atomic E-state index is 0.189. The molecule has 0 fully saturated rings. The van der Waals surface area contributed by atoms with Crippen molar-refractivity contribution < 1.29 is 17.9 Å². The second-order valence-corrected chi connectivity index (χ2v) is 9.14. The highest BCUT2D eigenvalue weighted by Crippen LogP contribution is 2.21. The minimum atomic E-state index is -3.64. The Labute approximate surface area is 183 Å². The number of carbonyl (C=O) groups is 1. The number of nitrogens with one attached hydrogen (secondary N) is 1. The number of ether oxygens (including phenoxy) is 1. The molecular weight excluding hydrogens is 412 g/mol. The van der Waals surface area contributed by atoms with Crippen LogP contribution in [0.25, 0.3) is 0 Å². The molecule has 0 aromatic heterocycles. The van der Waals surface area contributed by atoms with Crippen molar-refractivity contribution in [1.82, 2.24) is 4.31 Å². The maximum Gasteiger partial charge on any atom is 0.255 e. The van der Waals surface area contributed by atoms with Crippen LogP contribution >= 0.6 is 0 Å². The van der Waals surface area contributed by atoms with E-state index in [1.807, 2.05) is 31.2 Å². The van der Waals surface area contributed by atoms with Crippen molar-refractivity contribution in [3.63, 3.8) is 0 Å². The number of rotatable bonds is 8. The molecule has 1 amide bonds. The predicted molar refractivity (Wildman–Crippen MR) is 122 cm³/mol. The smallest absolute Gasteiger partial charge is 0.255 e. The van der Waals surface area contributed by atoms with Gasteiger partial charge >= 0.3 is 0 Å². The van der Waals surface area contributed by atoms with E-state index in [-0.39, 0.29) is 17.3 Å². The van der Waals surface area contributed by atoms with Gasteiger partial charge in [-0.2, -0.15) is 4.31 Å². The highest BCUT2D eigenvalue weighted by molar-refractivity contribution is 7.89. The van der Waals surface area contributed by atoms with Gasteiger partial charge in [0.2, 0.25) is 10.0 Å². The largest absolute Gasteiger partial charge is 0.497 e. The molecule has 0 aliphatic heterocycles. The van der Waals surface area contributed by atoms with Crippen LogP contribution in [-0.4, -0.2) is 32.8 Å². The number of para-hydroxylation sites is 1. The van der Waals surface area contributed by atoms with E-state index in [0.29, 0.717) is 11.3 Å². The number of methoxy groups -OCH3 is 1. The van der Waals surface area contributed by atoms with Crippen LogP contribution in [0.5, 0.6) is 5.75 Å². The quantitative estimate of drug-likeness (QED) is 0.568. The van der Waals surface area contributed by atoms with Gasteiger partial charge < -0.3 is 10.1 Å². The molecule has 3 aromatic rings. The summed E-state index contributed by atoms with van der Waals surface area (Å²) in [6, 6.07) is 20.9. The first-order valence-electron chi connectivity index (χ1n) is 9.93. The molecule has 0 saturated heterocycles. The van der Waals surface area contributed by atoms with Gasteiger partial charge in [0.25, 0.3) is 5.91 Å². The van der Waals surface area contributed by atoms with E-state index in [2.05, 4.69) is 5.32 Å². The second kappa shape index (κ2) is 9.76. The highest BCUT2D eigenvalue weighted by Gasteiger charge is 2.21. The summed E-state index contributed by atoms with van der Waals surface area (Å²) >= 11 is 0. The molecule has 0 saturated carbocycles. The molecule has 0 unspecified atom stereocenters. The summed E-state index contributed by atoms with van der Waals surface area (Å²) in [5, 5.41) is 2.94. The van der Waals surface area contributed by atoms with Gasteiger partial charge in [-0.3, -0.25) is 4.79 Å². The van der Waals surface area contributed by atoms with Gasteiger partial charge in [-0.15, -0.1) is 0 Å². The van der Waals surface area contributed by atoms with Crippen LogP contribution < -0.4 is 10.1 Å². The Bertz CT molecular complexity index is 1140. The number of nitrogens with zero attached hydrogens (tertiary/aromatic N) is 1. The lowest BCUT2D eigenvalue weighted by Crippen LogP contribution is -2.26. The van der Waals surface area contributed by atoms with Crippen molar-refractivity contribution >= 4 is 21.6 Å². The molecule has 0 radical (unpaired) electrons. The molecule has 162 valence electrons. The number of amides is 1. The monoisotopic (exact) mass is 438 g/mol. The number of benzene rings is 3. The summed E-state index contributed by atoms with van der Waals surface area (Å²) in [6.07, 6.45) is 0.824. The van der Waals surface area contributed by atoms with Crippen LogP contribution in [0.1, 0.15) is 28.4 Å². The summed E-state index contributed by atoms with van der Waals surface area (Å²) in [4.78, 5) is 12.8. The Balaban J connectivity index is 1.68. The van der Waals surface area contributed by atoms with Crippen LogP contribution in [0, 0.1) is 0 Å². The Kier molecular flexibility index (Phi) is 7.09. The van der Waals surface area contributed by atoms with Crippen molar-refractivity contribution in [1.29, 1.82) is 0 Å². The van der Waals surface area contributed by atoms with E-state index in [9.17, 15) is 13.2 Å². The van der Waals surface area contributed by atoms with E-state index in [0.717, 1.165) is 23.2 Å². The number of hydrogen-bond donors (Lipinski definition) is 1. The van der Waals surface area contributed by atoms with E-state index in [4.69, 9.17) is 4.74 Å². The number of sulfonamides is 1. The number of aryl methyl sites for hydroxylation is 1. The summed E-state index contributed by atoms with van der Waals surface area (Å²) in [5.74, 6) is 0.392. The Morgan fingerprint density at radius 2 is 1.61 bits per heavy atom. The zero-order valence-corrected chi connectivity index (χ0v) is 18.6. The lowest BCUT2D eigenvalue weighted by Gasteiger charge is -2.18. The topological polar surface area (TPSA) is 75.7 Å². The standard InChI is InChI=1S/C24H26N2O4S/c1-4-19-7-5-6-8-23(19)25-24(27)20-11-9-18(10-12-20)17-26(2)31(28,29)22-15-13-21(30-3)14-16-22/h5-16H,4,17H2,1-3H3,(H,25,27). The summed E-state index contributed by atoms with van der Waals surface area (Å²) in [6.45, 7) is 2.23. The summed E-state index contributed by atoms with van der Waals surface area (Å²) in [5.41, 5.74) is 3.16. The van der Waals surface area contributed by atoms with E-state index < -0.39 is 10.0 Å². The predicted octanol–water partition coefficient (Wildman–Crippen LogP) is 4.33. The molecule has 0 aliphatic carbocycles. The van der Waals surface area contributed by atoms with Crippen molar-refractivity contribution in [3.05, 3.63) is 89.5 Å².